The molecule has 0 aromatic carbocycles. The molecule has 1 saturated carbocycles. The van der Waals surface area contributed by atoms with E-state index in [0.29, 0.717) is 12.8 Å². The SMILES string of the molecule is O=C(CC1(C(=O)O)CCC1)N1CCSCC1. The van der Waals surface area contributed by atoms with Crippen molar-refractivity contribution in [2.75, 3.05) is 24.6 Å². The third-order valence-corrected chi connectivity index (χ3v) is 4.56. The Morgan fingerprint density at radius 2 is 1.88 bits per heavy atom. The molecule has 90 valence electrons. The molecule has 5 heteroatoms. The lowest BCUT2D eigenvalue weighted by molar-refractivity contribution is -0.159. The number of hydrogen-bond acceptors (Lipinski definition) is 3. The van der Waals surface area contributed by atoms with Gasteiger partial charge in [-0.25, -0.2) is 0 Å². The number of carboxylic acids is 1. The van der Waals surface area contributed by atoms with Crippen LogP contribution in [-0.4, -0.2) is 46.5 Å². The summed E-state index contributed by atoms with van der Waals surface area (Å²) in [7, 11) is 0. The van der Waals surface area contributed by atoms with E-state index in [1.54, 1.807) is 0 Å². The standard InChI is InChI=1S/C11H17NO3S/c13-9(12-4-6-16-7-5-12)8-11(10(14)15)2-1-3-11/h1-8H2,(H,14,15). The molecule has 4 nitrogen and oxygen atoms in total. The third kappa shape index (κ3) is 2.19. The van der Waals surface area contributed by atoms with E-state index in [0.717, 1.165) is 31.0 Å². The molecule has 2 rings (SSSR count). The van der Waals surface area contributed by atoms with Gasteiger partial charge in [0.25, 0.3) is 0 Å². The van der Waals surface area contributed by atoms with Crippen LogP contribution in [0.15, 0.2) is 0 Å². The lowest BCUT2D eigenvalue weighted by atomic mass is 9.66. The normalized spacial score (nSPS) is 23.6. The fourth-order valence-corrected chi connectivity index (χ4v) is 3.19. The highest BCUT2D eigenvalue weighted by Gasteiger charge is 2.46. The molecule has 0 aromatic heterocycles. The van der Waals surface area contributed by atoms with E-state index >= 15 is 0 Å². The van der Waals surface area contributed by atoms with Gasteiger partial charge in [0.2, 0.25) is 5.91 Å². The number of nitrogens with zero attached hydrogens (tertiary/aromatic N) is 1. The van der Waals surface area contributed by atoms with Crippen molar-refractivity contribution in [3.05, 3.63) is 0 Å². The van der Waals surface area contributed by atoms with E-state index in [9.17, 15) is 9.59 Å². The Bertz CT molecular complexity index is 296. The number of carbonyl (C=O) groups is 2. The number of carbonyl (C=O) groups excluding carboxylic acids is 1. The van der Waals surface area contributed by atoms with Crippen LogP contribution in [0, 0.1) is 5.41 Å². The van der Waals surface area contributed by atoms with E-state index in [2.05, 4.69) is 0 Å². The van der Waals surface area contributed by atoms with Crippen LogP contribution in [0.2, 0.25) is 0 Å². The predicted molar refractivity (Wildman–Crippen MR) is 62.4 cm³/mol. The number of carboxylic acid groups (broad SMARTS) is 1. The molecular formula is C11H17NO3S. The summed E-state index contributed by atoms with van der Waals surface area (Å²) in [4.78, 5) is 24.9. The summed E-state index contributed by atoms with van der Waals surface area (Å²) in [6, 6.07) is 0. The highest BCUT2D eigenvalue weighted by atomic mass is 32.2. The van der Waals surface area contributed by atoms with Crippen molar-refractivity contribution in [2.24, 2.45) is 5.41 Å². The Morgan fingerprint density at radius 3 is 2.31 bits per heavy atom. The molecule has 1 aliphatic carbocycles. The maximum absolute atomic E-state index is 12.0. The number of thioether (sulfide) groups is 1. The molecule has 1 aliphatic heterocycles. The van der Waals surface area contributed by atoms with Gasteiger partial charge in [-0.2, -0.15) is 11.8 Å². The first-order valence-corrected chi connectivity index (χ1v) is 6.88. The molecule has 1 heterocycles. The zero-order chi connectivity index (χ0) is 11.6. The van der Waals surface area contributed by atoms with Crippen LogP contribution in [0.1, 0.15) is 25.7 Å². The Labute approximate surface area is 99.4 Å². The minimum atomic E-state index is -0.793. The highest BCUT2D eigenvalue weighted by molar-refractivity contribution is 7.99. The van der Waals surface area contributed by atoms with Crippen molar-refractivity contribution in [1.29, 1.82) is 0 Å². The van der Waals surface area contributed by atoms with Gasteiger partial charge in [0.1, 0.15) is 0 Å². The Hall–Kier alpha value is -0.710. The summed E-state index contributed by atoms with van der Waals surface area (Å²) in [5.74, 6) is 1.19. The predicted octanol–water partition coefficient (Wildman–Crippen LogP) is 1.21. The highest BCUT2D eigenvalue weighted by Crippen LogP contribution is 2.44. The monoisotopic (exact) mass is 243 g/mol. The van der Waals surface area contributed by atoms with Crippen LogP contribution >= 0.6 is 11.8 Å². The Balaban J connectivity index is 1.92. The Morgan fingerprint density at radius 1 is 1.25 bits per heavy atom. The second-order valence-electron chi connectivity index (χ2n) is 4.61. The van der Waals surface area contributed by atoms with Gasteiger partial charge in [0.15, 0.2) is 0 Å². The first-order chi connectivity index (χ1) is 7.64. The average molecular weight is 243 g/mol. The van der Waals surface area contributed by atoms with Gasteiger partial charge in [-0.1, -0.05) is 6.42 Å². The summed E-state index contributed by atoms with van der Waals surface area (Å²) in [6.07, 6.45) is 2.47. The van der Waals surface area contributed by atoms with Gasteiger partial charge in [-0.05, 0) is 12.8 Å². The summed E-state index contributed by atoms with van der Waals surface area (Å²) in [5.41, 5.74) is -0.734. The maximum atomic E-state index is 12.0. The number of amides is 1. The van der Waals surface area contributed by atoms with E-state index in [1.807, 2.05) is 16.7 Å². The van der Waals surface area contributed by atoms with Gasteiger partial charge >= 0.3 is 5.97 Å². The van der Waals surface area contributed by atoms with Crippen molar-refractivity contribution in [3.8, 4) is 0 Å². The van der Waals surface area contributed by atoms with Gasteiger partial charge in [-0.3, -0.25) is 9.59 Å². The quantitative estimate of drug-likeness (QED) is 0.809. The van der Waals surface area contributed by atoms with Gasteiger partial charge < -0.3 is 10.0 Å². The molecular weight excluding hydrogens is 226 g/mol. The summed E-state index contributed by atoms with van der Waals surface area (Å²) < 4.78 is 0. The molecule has 0 bridgehead atoms. The largest absolute Gasteiger partial charge is 0.481 e. The fraction of sp³-hybridized carbons (Fsp3) is 0.818. The average Bonchev–Trinajstić information content (AvgIpc) is 2.24. The molecule has 0 atom stereocenters. The van der Waals surface area contributed by atoms with Crippen molar-refractivity contribution in [1.82, 2.24) is 4.90 Å². The van der Waals surface area contributed by atoms with Crippen molar-refractivity contribution >= 4 is 23.6 Å². The molecule has 16 heavy (non-hydrogen) atoms. The molecule has 0 aromatic rings. The summed E-state index contributed by atoms with van der Waals surface area (Å²) in [6.45, 7) is 1.55. The fourth-order valence-electron chi connectivity index (χ4n) is 2.28. The van der Waals surface area contributed by atoms with Crippen LogP contribution in [0.25, 0.3) is 0 Å². The van der Waals surface area contributed by atoms with Crippen LogP contribution < -0.4 is 0 Å². The number of hydrogen-bond donors (Lipinski definition) is 1. The summed E-state index contributed by atoms with van der Waals surface area (Å²) in [5, 5.41) is 9.16. The van der Waals surface area contributed by atoms with Crippen molar-refractivity contribution in [2.45, 2.75) is 25.7 Å². The summed E-state index contributed by atoms with van der Waals surface area (Å²) >= 11 is 1.85. The van der Waals surface area contributed by atoms with Crippen LogP contribution in [0.5, 0.6) is 0 Å². The minimum Gasteiger partial charge on any atom is -0.481 e. The Kier molecular flexibility index (Phi) is 3.42. The molecule has 0 unspecified atom stereocenters. The smallest absolute Gasteiger partial charge is 0.310 e. The second-order valence-corrected chi connectivity index (χ2v) is 5.83. The molecule has 2 fully saturated rings. The third-order valence-electron chi connectivity index (χ3n) is 3.62. The molecule has 0 spiro atoms. The first-order valence-electron chi connectivity index (χ1n) is 5.73. The minimum absolute atomic E-state index is 0.0300. The topological polar surface area (TPSA) is 57.6 Å². The van der Waals surface area contributed by atoms with Crippen LogP contribution in [-0.2, 0) is 9.59 Å². The van der Waals surface area contributed by atoms with Crippen LogP contribution in [0.3, 0.4) is 0 Å². The molecule has 1 amide bonds. The molecule has 1 saturated heterocycles. The zero-order valence-electron chi connectivity index (χ0n) is 9.28. The lowest BCUT2D eigenvalue weighted by Gasteiger charge is -2.39. The lowest BCUT2D eigenvalue weighted by Crippen LogP contribution is -2.45. The second kappa shape index (κ2) is 4.65. The number of rotatable bonds is 3. The van der Waals surface area contributed by atoms with Crippen LogP contribution in [0.4, 0.5) is 0 Å². The van der Waals surface area contributed by atoms with E-state index in [-0.39, 0.29) is 12.3 Å². The van der Waals surface area contributed by atoms with E-state index in [4.69, 9.17) is 5.11 Å². The van der Waals surface area contributed by atoms with E-state index < -0.39 is 11.4 Å². The van der Waals surface area contributed by atoms with Crippen molar-refractivity contribution < 1.29 is 14.7 Å². The number of aliphatic carboxylic acids is 1. The van der Waals surface area contributed by atoms with Gasteiger partial charge in [0, 0.05) is 31.0 Å². The van der Waals surface area contributed by atoms with Crippen molar-refractivity contribution in [3.63, 3.8) is 0 Å². The zero-order valence-corrected chi connectivity index (χ0v) is 10.1. The van der Waals surface area contributed by atoms with Gasteiger partial charge in [-0.15, -0.1) is 0 Å². The molecule has 2 aliphatic rings. The molecule has 1 N–H and O–H groups in total. The van der Waals surface area contributed by atoms with Gasteiger partial charge in [0.05, 0.1) is 5.41 Å². The molecule has 0 radical (unpaired) electrons. The van der Waals surface area contributed by atoms with E-state index in [1.165, 1.54) is 0 Å². The maximum Gasteiger partial charge on any atom is 0.310 e. The first kappa shape index (κ1) is 11.8.